The van der Waals surface area contributed by atoms with E-state index in [4.69, 9.17) is 9.47 Å². The molecule has 0 aromatic heterocycles. The van der Waals surface area contributed by atoms with Crippen molar-refractivity contribution in [1.29, 1.82) is 0 Å². The monoisotopic (exact) mass is 764 g/mol. The fraction of sp³-hybridized carbons (Fsp3) is 0.776. The van der Waals surface area contributed by atoms with Crippen molar-refractivity contribution in [1.82, 2.24) is 4.90 Å². The molecule has 4 saturated carbocycles. The molecule has 0 radical (unpaired) electrons. The number of ketones is 1. The number of hydrogen-bond acceptors (Lipinski definition) is 5. The fourth-order valence-electron chi connectivity index (χ4n) is 12.0. The minimum atomic E-state index is -0.582. The number of nitrogens with zero attached hydrogens (tertiary/aromatic N) is 1. The predicted molar refractivity (Wildman–Crippen MR) is 228 cm³/mol. The summed E-state index contributed by atoms with van der Waals surface area (Å²) in [5, 5.41) is 0. The summed E-state index contributed by atoms with van der Waals surface area (Å²) in [5.41, 5.74) is 4.63. The number of Topliss-reactive ketones (excluding diaryl/α,β-unsaturated/α-hetero) is 1. The molecule has 1 amide bonds. The van der Waals surface area contributed by atoms with E-state index in [1.54, 1.807) is 6.92 Å². The number of carbonyl (C=O) groups is 3. The highest BCUT2D eigenvalue weighted by molar-refractivity contribution is 6.00. The summed E-state index contributed by atoms with van der Waals surface area (Å²) < 4.78 is 11.7. The smallest absolute Gasteiger partial charge is 0.410 e. The molecule has 0 spiro atoms. The quantitative estimate of drug-likeness (QED) is 0.259. The summed E-state index contributed by atoms with van der Waals surface area (Å²) in [6.07, 6.45) is 11.3. The molecule has 6 nitrogen and oxygen atoms in total. The molecule has 1 aromatic rings. The molecular formula is C49H81NO5. The van der Waals surface area contributed by atoms with Gasteiger partial charge in [0.15, 0.2) is 5.78 Å². The van der Waals surface area contributed by atoms with Gasteiger partial charge in [-0.2, -0.15) is 0 Å². The van der Waals surface area contributed by atoms with Crippen LogP contribution in [-0.2, 0) is 25.6 Å². The number of amides is 1. The van der Waals surface area contributed by atoms with E-state index in [9.17, 15) is 14.4 Å². The Labute approximate surface area is 337 Å². The average Bonchev–Trinajstić information content (AvgIpc) is 3.45. The van der Waals surface area contributed by atoms with E-state index in [0.717, 1.165) is 56.1 Å². The number of carbonyl (C=O) groups excluding carboxylic acids is 3. The molecule has 8 unspecified atom stereocenters. The van der Waals surface area contributed by atoms with Crippen molar-refractivity contribution in [3.8, 4) is 0 Å². The zero-order valence-corrected chi connectivity index (χ0v) is 38.0. The lowest BCUT2D eigenvalue weighted by Gasteiger charge is -2.66. The summed E-state index contributed by atoms with van der Waals surface area (Å²) in [4.78, 5) is 41.4. The zero-order valence-electron chi connectivity index (χ0n) is 38.0. The first-order valence-corrected chi connectivity index (χ1v) is 22.4. The number of rotatable bonds is 7. The SMILES string of the molecule is CC.CC.CC.CC(=O)OC1CCC2(C)C(CCC3(C)C4CCC5(CCN(Cc6ccc(C)cc6)C(=O)OC(C)(C)C)CC(=O)C(C(C)C)=C5C4CCC23)C1. The summed E-state index contributed by atoms with van der Waals surface area (Å²) in [6.45, 7) is 32.1. The Morgan fingerprint density at radius 2 is 1.49 bits per heavy atom. The highest BCUT2D eigenvalue weighted by Gasteiger charge is 2.64. The van der Waals surface area contributed by atoms with Gasteiger partial charge >= 0.3 is 12.1 Å². The highest BCUT2D eigenvalue weighted by atomic mass is 16.6. The van der Waals surface area contributed by atoms with Crippen LogP contribution in [0.3, 0.4) is 0 Å². The van der Waals surface area contributed by atoms with E-state index in [1.165, 1.54) is 30.4 Å². The lowest BCUT2D eigenvalue weighted by atomic mass is 9.39. The molecule has 312 valence electrons. The first-order valence-electron chi connectivity index (χ1n) is 22.4. The molecule has 0 N–H and O–H groups in total. The van der Waals surface area contributed by atoms with E-state index in [-0.39, 0.29) is 40.3 Å². The second kappa shape index (κ2) is 19.2. The molecule has 5 aliphatic rings. The summed E-state index contributed by atoms with van der Waals surface area (Å²) in [6, 6.07) is 8.41. The normalized spacial score (nSPS) is 32.1. The van der Waals surface area contributed by atoms with Crippen LogP contribution in [0, 0.1) is 52.8 Å². The second-order valence-electron chi connectivity index (χ2n) is 18.6. The van der Waals surface area contributed by atoms with Crippen LogP contribution in [-0.4, -0.2) is 41.0 Å². The Balaban J connectivity index is 0.00000129. The molecular weight excluding hydrogens is 683 g/mol. The Hall–Kier alpha value is -2.63. The van der Waals surface area contributed by atoms with Gasteiger partial charge in [-0.15, -0.1) is 0 Å². The molecule has 5 aliphatic carbocycles. The van der Waals surface area contributed by atoms with Crippen LogP contribution in [0.1, 0.15) is 179 Å². The van der Waals surface area contributed by atoms with Gasteiger partial charge in [-0.25, -0.2) is 4.79 Å². The van der Waals surface area contributed by atoms with E-state index in [0.29, 0.717) is 49.0 Å². The maximum Gasteiger partial charge on any atom is 0.410 e. The first kappa shape index (κ1) is 46.8. The van der Waals surface area contributed by atoms with Gasteiger partial charge in [0.1, 0.15) is 11.7 Å². The second-order valence-corrected chi connectivity index (χ2v) is 18.6. The number of hydrogen-bond donors (Lipinski definition) is 0. The van der Waals surface area contributed by atoms with Gasteiger partial charge in [0, 0.05) is 31.8 Å². The molecule has 0 bridgehead atoms. The van der Waals surface area contributed by atoms with Gasteiger partial charge in [-0.1, -0.05) is 105 Å². The highest BCUT2D eigenvalue weighted by Crippen LogP contribution is 2.71. The molecule has 55 heavy (non-hydrogen) atoms. The number of benzene rings is 1. The molecule has 4 fully saturated rings. The lowest BCUT2D eigenvalue weighted by Crippen LogP contribution is -2.59. The molecule has 0 saturated heterocycles. The van der Waals surface area contributed by atoms with Crippen LogP contribution in [0.4, 0.5) is 4.79 Å². The van der Waals surface area contributed by atoms with Gasteiger partial charge in [0.05, 0.1) is 0 Å². The van der Waals surface area contributed by atoms with Crippen molar-refractivity contribution in [2.75, 3.05) is 6.54 Å². The van der Waals surface area contributed by atoms with Crippen LogP contribution in [0.5, 0.6) is 0 Å². The van der Waals surface area contributed by atoms with Crippen LogP contribution in [0.15, 0.2) is 35.4 Å². The first-order chi connectivity index (χ1) is 26.0. The fourth-order valence-corrected chi connectivity index (χ4v) is 12.0. The Morgan fingerprint density at radius 1 is 0.873 bits per heavy atom. The van der Waals surface area contributed by atoms with E-state index in [1.807, 2.05) is 67.2 Å². The van der Waals surface area contributed by atoms with Gasteiger partial charge in [0.25, 0.3) is 0 Å². The third kappa shape index (κ3) is 9.92. The van der Waals surface area contributed by atoms with E-state index < -0.39 is 5.60 Å². The lowest BCUT2D eigenvalue weighted by molar-refractivity contribution is -0.174. The van der Waals surface area contributed by atoms with Crippen molar-refractivity contribution in [3.63, 3.8) is 0 Å². The number of aryl methyl sites for hydroxylation is 1. The number of esters is 1. The van der Waals surface area contributed by atoms with E-state index in [2.05, 4.69) is 58.9 Å². The summed E-state index contributed by atoms with van der Waals surface area (Å²) in [5.74, 6) is 2.67. The molecule has 0 aliphatic heterocycles. The molecule has 6 heteroatoms. The summed E-state index contributed by atoms with van der Waals surface area (Å²) >= 11 is 0. The van der Waals surface area contributed by atoms with Gasteiger partial charge in [0.2, 0.25) is 0 Å². The average molecular weight is 764 g/mol. The van der Waals surface area contributed by atoms with Gasteiger partial charge < -0.3 is 14.4 Å². The third-order valence-corrected chi connectivity index (χ3v) is 14.1. The van der Waals surface area contributed by atoms with Gasteiger partial charge in [-0.05, 0) is 143 Å². The van der Waals surface area contributed by atoms with Crippen LogP contribution in [0.25, 0.3) is 0 Å². The Morgan fingerprint density at radius 3 is 2.07 bits per heavy atom. The van der Waals surface area contributed by atoms with Crippen LogP contribution < -0.4 is 0 Å². The van der Waals surface area contributed by atoms with Crippen molar-refractivity contribution < 1.29 is 23.9 Å². The number of ether oxygens (including phenoxy) is 2. The molecule has 0 heterocycles. The number of allylic oxidation sites excluding steroid dienone is 2. The predicted octanol–water partition coefficient (Wildman–Crippen LogP) is 13.1. The summed E-state index contributed by atoms with van der Waals surface area (Å²) in [7, 11) is 0. The van der Waals surface area contributed by atoms with Crippen molar-refractivity contribution >= 4 is 17.8 Å². The minimum absolute atomic E-state index is 0.0704. The number of fused-ring (bicyclic) bond motifs is 7. The van der Waals surface area contributed by atoms with Crippen LogP contribution >= 0.6 is 0 Å². The maximum absolute atomic E-state index is 14.1. The zero-order chi connectivity index (χ0) is 41.5. The van der Waals surface area contributed by atoms with Crippen molar-refractivity contribution in [2.24, 2.45) is 45.8 Å². The largest absolute Gasteiger partial charge is 0.463 e. The van der Waals surface area contributed by atoms with Crippen molar-refractivity contribution in [3.05, 3.63) is 46.5 Å². The van der Waals surface area contributed by atoms with Gasteiger partial charge in [-0.3, -0.25) is 9.59 Å². The minimum Gasteiger partial charge on any atom is -0.463 e. The molecule has 8 atom stereocenters. The van der Waals surface area contributed by atoms with E-state index >= 15 is 0 Å². The maximum atomic E-state index is 14.1. The van der Waals surface area contributed by atoms with Crippen molar-refractivity contribution in [2.45, 2.75) is 193 Å². The topological polar surface area (TPSA) is 72.9 Å². The van der Waals surface area contributed by atoms with Crippen LogP contribution in [0.2, 0.25) is 0 Å². The molecule has 1 aromatic carbocycles. The third-order valence-electron chi connectivity index (χ3n) is 14.1. The molecule has 6 rings (SSSR count). The Kier molecular flexibility index (Phi) is 16.3. The standard InChI is InChI=1S/C43H63NO5.3C2H6/c1-27(2)37-35(46)25-43(22-23-44(39(47)49-40(5,6)7)26-30-12-10-28(3)11-13-30)21-18-34-33(38(37)43)14-15-36-41(8)20-17-32(48-29(4)45)24-31(41)16-19-42(34,36)9;3*1-2/h10-13,27,31-34,36H,14-26H2,1-9H3;3*1-2H3. The Bertz CT molecular complexity index is 1470.